The van der Waals surface area contributed by atoms with E-state index in [2.05, 4.69) is 20.6 Å². The maximum absolute atomic E-state index is 13.8. The SMILES string of the molecule is CC(C)C[C@H](NC(=O)C(Cc1ccccc1)NC(=O)c1cnccn1)B1OC(=O)C[C@@](CC(=O)N(C)C)(C(=O)N(C)C)O1. The van der Waals surface area contributed by atoms with Gasteiger partial charge in [-0.2, -0.15) is 0 Å². The second-order valence-electron chi connectivity index (χ2n) is 11.4. The standard InChI is InChI=1S/C29H39BN6O7/c1-19(2)14-23(30-42-25(38)17-29(43-30,28(41)36(5)6)16-24(37)35(3)4)34-26(39)21(15-20-10-8-7-9-11-20)33-27(40)22-18-31-12-13-32-22/h7-13,18-19,21,23H,14-17H2,1-6H3,(H,33,40)(H,34,39)/t21?,23-,29-/m0/s1. The van der Waals surface area contributed by atoms with Gasteiger partial charge in [-0.05, 0) is 17.9 Å². The second kappa shape index (κ2) is 14.7. The van der Waals surface area contributed by atoms with Crippen LogP contribution in [0, 0.1) is 5.92 Å². The zero-order valence-electron chi connectivity index (χ0n) is 25.4. The van der Waals surface area contributed by atoms with Crippen LogP contribution in [0.4, 0.5) is 0 Å². The first-order valence-corrected chi connectivity index (χ1v) is 14.0. The summed E-state index contributed by atoms with van der Waals surface area (Å²) < 4.78 is 11.7. The van der Waals surface area contributed by atoms with Crippen molar-refractivity contribution in [2.24, 2.45) is 5.92 Å². The molecule has 3 atom stereocenters. The smallest absolute Gasteiger partial charge is 0.508 e. The van der Waals surface area contributed by atoms with Crippen molar-refractivity contribution >= 4 is 36.7 Å². The molecule has 1 aliphatic rings. The molecule has 0 spiro atoms. The van der Waals surface area contributed by atoms with Crippen LogP contribution in [0.2, 0.25) is 0 Å². The highest BCUT2D eigenvalue weighted by molar-refractivity contribution is 6.50. The molecule has 3 rings (SSSR count). The van der Waals surface area contributed by atoms with Crippen LogP contribution >= 0.6 is 0 Å². The van der Waals surface area contributed by atoms with Crippen molar-refractivity contribution in [2.75, 3.05) is 28.2 Å². The van der Waals surface area contributed by atoms with Gasteiger partial charge in [-0.1, -0.05) is 44.2 Å². The molecule has 1 unspecified atom stereocenters. The number of carbonyl (C=O) groups excluding carboxylic acids is 5. The van der Waals surface area contributed by atoms with Crippen LogP contribution in [-0.4, -0.2) is 102 Å². The highest BCUT2D eigenvalue weighted by atomic mass is 16.6. The van der Waals surface area contributed by atoms with Gasteiger partial charge in [0.05, 0.1) is 25.0 Å². The van der Waals surface area contributed by atoms with Crippen LogP contribution in [-0.2, 0) is 34.9 Å². The van der Waals surface area contributed by atoms with Crippen molar-refractivity contribution < 1.29 is 33.3 Å². The Bertz CT molecular complexity index is 1290. The lowest BCUT2D eigenvalue weighted by Gasteiger charge is -2.41. The van der Waals surface area contributed by atoms with Gasteiger partial charge in [-0.25, -0.2) is 4.98 Å². The van der Waals surface area contributed by atoms with E-state index < -0.39 is 67.1 Å². The Hall–Kier alpha value is -4.33. The fourth-order valence-corrected chi connectivity index (χ4v) is 4.71. The molecule has 43 heavy (non-hydrogen) atoms. The number of aromatic nitrogens is 2. The average molecular weight is 594 g/mol. The number of nitrogens with one attached hydrogen (secondary N) is 2. The zero-order chi connectivity index (χ0) is 31.7. The molecule has 14 heteroatoms. The van der Waals surface area contributed by atoms with Gasteiger partial charge in [0.2, 0.25) is 11.8 Å². The molecular formula is C29H39BN6O7. The Kier molecular flexibility index (Phi) is 11.4. The van der Waals surface area contributed by atoms with Crippen LogP contribution in [0.1, 0.15) is 49.2 Å². The van der Waals surface area contributed by atoms with Gasteiger partial charge in [0.1, 0.15) is 11.7 Å². The van der Waals surface area contributed by atoms with Gasteiger partial charge < -0.3 is 29.7 Å². The third-order valence-corrected chi connectivity index (χ3v) is 6.83. The topological polar surface area (TPSA) is 160 Å². The third kappa shape index (κ3) is 9.08. The molecular weight excluding hydrogens is 555 g/mol. The summed E-state index contributed by atoms with van der Waals surface area (Å²) in [7, 11) is 4.71. The number of amides is 4. The van der Waals surface area contributed by atoms with E-state index in [0.29, 0.717) is 6.42 Å². The fraction of sp³-hybridized carbons (Fsp3) is 0.483. The molecule has 4 amide bonds. The lowest BCUT2D eigenvalue weighted by Crippen LogP contribution is -2.64. The number of likely N-dealkylation sites (N-methyl/N-ethyl adjacent to an activating group) is 1. The molecule has 2 aromatic rings. The van der Waals surface area contributed by atoms with Gasteiger partial charge in [0, 0.05) is 47.0 Å². The number of nitrogens with zero attached hydrogens (tertiary/aromatic N) is 4. The van der Waals surface area contributed by atoms with E-state index in [1.807, 2.05) is 44.2 Å². The van der Waals surface area contributed by atoms with Gasteiger partial charge in [-0.3, -0.25) is 29.0 Å². The van der Waals surface area contributed by atoms with Gasteiger partial charge >= 0.3 is 7.12 Å². The van der Waals surface area contributed by atoms with E-state index in [9.17, 15) is 24.0 Å². The highest BCUT2D eigenvalue weighted by Gasteiger charge is 2.55. The minimum Gasteiger partial charge on any atom is -0.508 e. The molecule has 230 valence electrons. The number of hydrogen-bond acceptors (Lipinski definition) is 9. The molecule has 2 N–H and O–H groups in total. The summed E-state index contributed by atoms with van der Waals surface area (Å²) in [5, 5.41) is 5.61. The van der Waals surface area contributed by atoms with Crippen LogP contribution in [0.25, 0.3) is 0 Å². The summed E-state index contributed by atoms with van der Waals surface area (Å²) in [5.41, 5.74) is -0.996. The summed E-state index contributed by atoms with van der Waals surface area (Å²) in [6, 6.07) is 8.09. The summed E-state index contributed by atoms with van der Waals surface area (Å²) in [5.74, 6) is -3.79. The Morgan fingerprint density at radius 3 is 2.30 bits per heavy atom. The van der Waals surface area contributed by atoms with E-state index in [0.717, 1.165) is 5.56 Å². The van der Waals surface area contributed by atoms with Gasteiger partial charge in [0.15, 0.2) is 5.60 Å². The molecule has 1 aromatic carbocycles. The Balaban J connectivity index is 1.92. The van der Waals surface area contributed by atoms with Crippen molar-refractivity contribution in [1.82, 2.24) is 30.4 Å². The second-order valence-corrected chi connectivity index (χ2v) is 11.4. The van der Waals surface area contributed by atoms with Crippen molar-refractivity contribution in [1.29, 1.82) is 0 Å². The van der Waals surface area contributed by atoms with Crippen molar-refractivity contribution in [2.45, 2.75) is 57.1 Å². The van der Waals surface area contributed by atoms with E-state index in [1.165, 1.54) is 42.5 Å². The normalized spacial score (nSPS) is 17.8. The van der Waals surface area contributed by atoms with E-state index in [1.54, 1.807) is 14.1 Å². The Morgan fingerprint density at radius 2 is 1.72 bits per heavy atom. The molecule has 1 aliphatic heterocycles. The maximum Gasteiger partial charge on any atom is 0.552 e. The molecule has 1 aromatic heterocycles. The Morgan fingerprint density at radius 1 is 1.02 bits per heavy atom. The molecule has 0 aliphatic carbocycles. The largest absolute Gasteiger partial charge is 0.552 e. The lowest BCUT2D eigenvalue weighted by atomic mass is 9.70. The molecule has 2 heterocycles. The van der Waals surface area contributed by atoms with Crippen LogP contribution in [0.5, 0.6) is 0 Å². The molecule has 0 saturated carbocycles. The number of carbonyl (C=O) groups is 5. The molecule has 0 radical (unpaired) electrons. The van der Waals surface area contributed by atoms with Crippen molar-refractivity contribution in [3.8, 4) is 0 Å². The third-order valence-electron chi connectivity index (χ3n) is 6.83. The number of hydrogen-bond donors (Lipinski definition) is 2. The summed E-state index contributed by atoms with van der Waals surface area (Å²) in [6.45, 7) is 3.82. The predicted molar refractivity (Wildman–Crippen MR) is 157 cm³/mol. The highest BCUT2D eigenvalue weighted by Crippen LogP contribution is 2.32. The average Bonchev–Trinajstić information content (AvgIpc) is 2.96. The summed E-state index contributed by atoms with van der Waals surface area (Å²) >= 11 is 0. The number of rotatable bonds is 12. The minimum absolute atomic E-state index is 0.00126. The molecule has 13 nitrogen and oxygen atoms in total. The minimum atomic E-state index is -1.82. The zero-order valence-corrected chi connectivity index (χ0v) is 25.4. The van der Waals surface area contributed by atoms with Crippen molar-refractivity contribution in [3.05, 3.63) is 60.2 Å². The van der Waals surface area contributed by atoms with E-state index >= 15 is 0 Å². The molecule has 1 saturated heterocycles. The maximum atomic E-state index is 13.8. The Labute approximate surface area is 251 Å². The van der Waals surface area contributed by atoms with Crippen LogP contribution in [0.15, 0.2) is 48.9 Å². The molecule has 0 bridgehead atoms. The van der Waals surface area contributed by atoms with Gasteiger partial charge in [-0.15, -0.1) is 0 Å². The van der Waals surface area contributed by atoms with E-state index in [-0.39, 0.29) is 18.0 Å². The fourth-order valence-electron chi connectivity index (χ4n) is 4.71. The summed E-state index contributed by atoms with van der Waals surface area (Å²) in [4.78, 5) is 76.4. The lowest BCUT2D eigenvalue weighted by molar-refractivity contribution is -0.167. The summed E-state index contributed by atoms with van der Waals surface area (Å²) in [6.07, 6.45) is 3.69. The van der Waals surface area contributed by atoms with Crippen LogP contribution < -0.4 is 10.6 Å². The first kappa shape index (κ1) is 33.2. The van der Waals surface area contributed by atoms with Crippen molar-refractivity contribution in [3.63, 3.8) is 0 Å². The molecule has 1 fully saturated rings. The van der Waals surface area contributed by atoms with E-state index in [4.69, 9.17) is 9.31 Å². The number of benzene rings is 1. The predicted octanol–water partition coefficient (Wildman–Crippen LogP) is 0.645. The first-order chi connectivity index (χ1) is 20.3. The first-order valence-electron chi connectivity index (χ1n) is 14.0. The quantitative estimate of drug-likeness (QED) is 0.336. The monoisotopic (exact) mass is 594 g/mol. The van der Waals surface area contributed by atoms with Crippen LogP contribution in [0.3, 0.4) is 0 Å². The van der Waals surface area contributed by atoms with Gasteiger partial charge in [0.25, 0.3) is 17.8 Å².